The first kappa shape index (κ1) is 13.3. The Labute approximate surface area is 113 Å². The quantitative estimate of drug-likeness (QED) is 0.764. The molecule has 0 saturated heterocycles. The third kappa shape index (κ3) is 2.39. The summed E-state index contributed by atoms with van der Waals surface area (Å²) in [4.78, 5) is 30.0. The Morgan fingerprint density at radius 2 is 2.21 bits per heavy atom. The second-order valence-corrected chi connectivity index (χ2v) is 4.69. The molecule has 0 amide bonds. The SMILES string of the molecule is CCNc1nc(-c2c(N)n(CC)c(=O)[nH]c2=O)cs1. The first-order valence-corrected chi connectivity index (χ1v) is 6.78. The standard InChI is InChI=1S/C11H15N5O2S/c1-3-13-10-14-6(5-19-10)7-8(12)16(4-2)11(18)15-9(7)17/h5H,3-4,12H2,1-2H3,(H,13,14)(H,15,17,18). The number of aromatic nitrogens is 3. The molecule has 2 heterocycles. The van der Waals surface area contributed by atoms with E-state index in [4.69, 9.17) is 5.73 Å². The van der Waals surface area contributed by atoms with Crippen LogP contribution in [0.1, 0.15) is 13.8 Å². The maximum absolute atomic E-state index is 11.9. The average molecular weight is 281 g/mol. The Hall–Kier alpha value is -2.09. The van der Waals surface area contributed by atoms with Crippen molar-refractivity contribution in [1.82, 2.24) is 14.5 Å². The maximum Gasteiger partial charge on any atom is 0.329 e. The topological polar surface area (TPSA) is 106 Å². The van der Waals surface area contributed by atoms with Gasteiger partial charge < -0.3 is 11.1 Å². The second-order valence-electron chi connectivity index (χ2n) is 3.83. The van der Waals surface area contributed by atoms with Gasteiger partial charge >= 0.3 is 5.69 Å². The van der Waals surface area contributed by atoms with Crippen molar-refractivity contribution in [2.75, 3.05) is 17.6 Å². The molecule has 2 rings (SSSR count). The van der Waals surface area contributed by atoms with Gasteiger partial charge in [0.2, 0.25) is 0 Å². The number of nitrogens with one attached hydrogen (secondary N) is 2. The van der Waals surface area contributed by atoms with Gasteiger partial charge in [-0.1, -0.05) is 0 Å². The Morgan fingerprint density at radius 3 is 2.84 bits per heavy atom. The largest absolute Gasteiger partial charge is 0.384 e. The zero-order chi connectivity index (χ0) is 14.0. The van der Waals surface area contributed by atoms with E-state index in [1.54, 1.807) is 12.3 Å². The smallest absolute Gasteiger partial charge is 0.329 e. The molecule has 2 aromatic heterocycles. The molecule has 0 aromatic carbocycles. The number of anilines is 2. The molecule has 102 valence electrons. The third-order valence-electron chi connectivity index (χ3n) is 2.64. The fourth-order valence-corrected chi connectivity index (χ4v) is 2.54. The summed E-state index contributed by atoms with van der Waals surface area (Å²) in [6.07, 6.45) is 0. The Kier molecular flexibility index (Phi) is 3.70. The van der Waals surface area contributed by atoms with E-state index in [1.807, 2.05) is 6.92 Å². The van der Waals surface area contributed by atoms with Crippen LogP contribution in [0.2, 0.25) is 0 Å². The van der Waals surface area contributed by atoms with Crippen LogP contribution in [0.5, 0.6) is 0 Å². The van der Waals surface area contributed by atoms with E-state index in [-0.39, 0.29) is 11.4 Å². The van der Waals surface area contributed by atoms with Crippen molar-refractivity contribution in [3.8, 4) is 11.3 Å². The zero-order valence-corrected chi connectivity index (χ0v) is 11.5. The van der Waals surface area contributed by atoms with Crippen LogP contribution in [0.3, 0.4) is 0 Å². The van der Waals surface area contributed by atoms with Gasteiger partial charge in [-0.3, -0.25) is 14.3 Å². The van der Waals surface area contributed by atoms with Crippen LogP contribution in [0, 0.1) is 0 Å². The van der Waals surface area contributed by atoms with Crippen LogP contribution in [0.15, 0.2) is 15.0 Å². The first-order valence-electron chi connectivity index (χ1n) is 5.90. The number of nitrogen functional groups attached to an aromatic ring is 1. The molecule has 0 aliphatic heterocycles. The van der Waals surface area contributed by atoms with Crippen LogP contribution in [-0.4, -0.2) is 21.1 Å². The van der Waals surface area contributed by atoms with E-state index in [2.05, 4.69) is 15.3 Å². The molecule has 0 unspecified atom stereocenters. The van der Waals surface area contributed by atoms with Crippen molar-refractivity contribution in [2.45, 2.75) is 20.4 Å². The predicted octanol–water partition coefficient (Wildman–Crippen LogP) is 0.694. The summed E-state index contributed by atoms with van der Waals surface area (Å²) in [5.74, 6) is 0.143. The number of aromatic amines is 1. The minimum absolute atomic E-state index is 0.143. The molecule has 19 heavy (non-hydrogen) atoms. The lowest BCUT2D eigenvalue weighted by Crippen LogP contribution is -2.32. The normalized spacial score (nSPS) is 10.6. The van der Waals surface area contributed by atoms with Gasteiger partial charge in [0.25, 0.3) is 5.56 Å². The summed E-state index contributed by atoms with van der Waals surface area (Å²) < 4.78 is 1.31. The molecule has 0 fully saturated rings. The number of nitrogens with zero attached hydrogens (tertiary/aromatic N) is 2. The number of nitrogens with two attached hydrogens (primary N) is 1. The lowest BCUT2D eigenvalue weighted by Gasteiger charge is -2.08. The molecular formula is C11H15N5O2S. The lowest BCUT2D eigenvalue weighted by molar-refractivity contribution is 0.706. The van der Waals surface area contributed by atoms with Crippen LogP contribution < -0.4 is 22.3 Å². The summed E-state index contributed by atoms with van der Waals surface area (Å²) in [6.45, 7) is 4.87. The van der Waals surface area contributed by atoms with Gasteiger partial charge in [0.05, 0.1) is 5.69 Å². The van der Waals surface area contributed by atoms with Gasteiger partial charge in [-0.05, 0) is 13.8 Å². The number of hydrogen-bond donors (Lipinski definition) is 3. The van der Waals surface area contributed by atoms with Crippen LogP contribution in [0.4, 0.5) is 10.9 Å². The maximum atomic E-state index is 11.9. The second kappa shape index (κ2) is 5.27. The molecule has 7 nitrogen and oxygen atoms in total. The molecule has 0 aliphatic rings. The predicted molar refractivity (Wildman–Crippen MR) is 76.7 cm³/mol. The lowest BCUT2D eigenvalue weighted by atomic mass is 10.2. The van der Waals surface area contributed by atoms with Gasteiger partial charge in [0, 0.05) is 18.5 Å². The number of H-pyrrole nitrogens is 1. The summed E-state index contributed by atoms with van der Waals surface area (Å²) in [5, 5.41) is 5.52. The summed E-state index contributed by atoms with van der Waals surface area (Å²) >= 11 is 1.39. The zero-order valence-electron chi connectivity index (χ0n) is 10.7. The molecule has 8 heteroatoms. The summed E-state index contributed by atoms with van der Waals surface area (Å²) in [6, 6.07) is 0. The van der Waals surface area contributed by atoms with Crippen molar-refractivity contribution in [3.05, 3.63) is 26.2 Å². The van der Waals surface area contributed by atoms with Crippen LogP contribution >= 0.6 is 11.3 Å². The Bertz CT molecular complexity index is 700. The number of rotatable bonds is 4. The first-order chi connectivity index (χ1) is 9.08. The third-order valence-corrected chi connectivity index (χ3v) is 3.44. The fourth-order valence-electron chi connectivity index (χ4n) is 1.77. The van der Waals surface area contributed by atoms with Crippen molar-refractivity contribution >= 4 is 22.3 Å². The van der Waals surface area contributed by atoms with E-state index >= 15 is 0 Å². The molecule has 0 atom stereocenters. The number of thiazole rings is 1. The summed E-state index contributed by atoms with van der Waals surface area (Å²) in [7, 11) is 0. The highest BCUT2D eigenvalue weighted by atomic mass is 32.1. The van der Waals surface area contributed by atoms with E-state index in [0.717, 1.165) is 6.54 Å². The minimum atomic E-state index is -0.513. The van der Waals surface area contributed by atoms with Gasteiger partial charge in [0.1, 0.15) is 11.4 Å². The van der Waals surface area contributed by atoms with Gasteiger partial charge in [-0.25, -0.2) is 9.78 Å². The molecule has 0 bridgehead atoms. The fraction of sp³-hybridized carbons (Fsp3) is 0.364. The number of hydrogen-bond acceptors (Lipinski definition) is 6. The van der Waals surface area contributed by atoms with Crippen molar-refractivity contribution < 1.29 is 0 Å². The van der Waals surface area contributed by atoms with Gasteiger partial charge in [0.15, 0.2) is 5.13 Å². The molecule has 0 radical (unpaired) electrons. The van der Waals surface area contributed by atoms with Gasteiger partial charge in [-0.15, -0.1) is 11.3 Å². The van der Waals surface area contributed by atoms with Crippen molar-refractivity contribution in [2.24, 2.45) is 0 Å². The molecule has 0 aliphatic carbocycles. The van der Waals surface area contributed by atoms with E-state index in [1.165, 1.54) is 15.9 Å². The summed E-state index contributed by atoms with van der Waals surface area (Å²) in [5.41, 5.74) is 5.59. The van der Waals surface area contributed by atoms with E-state index < -0.39 is 11.2 Å². The molecule has 0 spiro atoms. The monoisotopic (exact) mass is 281 g/mol. The highest BCUT2D eigenvalue weighted by Crippen LogP contribution is 2.25. The Morgan fingerprint density at radius 1 is 1.47 bits per heavy atom. The van der Waals surface area contributed by atoms with Crippen LogP contribution in [-0.2, 0) is 6.54 Å². The molecular weight excluding hydrogens is 266 g/mol. The Balaban J connectivity index is 2.61. The van der Waals surface area contributed by atoms with Crippen molar-refractivity contribution in [1.29, 1.82) is 0 Å². The molecule has 0 saturated carbocycles. The minimum Gasteiger partial charge on any atom is -0.384 e. The highest BCUT2D eigenvalue weighted by molar-refractivity contribution is 7.14. The van der Waals surface area contributed by atoms with Crippen molar-refractivity contribution in [3.63, 3.8) is 0 Å². The average Bonchev–Trinajstić information content (AvgIpc) is 2.78. The van der Waals surface area contributed by atoms with Crippen LogP contribution in [0.25, 0.3) is 11.3 Å². The molecule has 4 N–H and O–H groups in total. The van der Waals surface area contributed by atoms with E-state index in [9.17, 15) is 9.59 Å². The molecule has 2 aromatic rings. The van der Waals surface area contributed by atoms with E-state index in [0.29, 0.717) is 17.4 Å². The highest BCUT2D eigenvalue weighted by Gasteiger charge is 2.16. The van der Waals surface area contributed by atoms with Gasteiger partial charge in [-0.2, -0.15) is 0 Å².